The molecule has 1 aromatic heterocycles. The van der Waals surface area contributed by atoms with Crippen molar-refractivity contribution in [3.63, 3.8) is 0 Å². The van der Waals surface area contributed by atoms with Gasteiger partial charge in [0.1, 0.15) is 0 Å². The first-order valence-electron chi connectivity index (χ1n) is 5.28. The van der Waals surface area contributed by atoms with Crippen LogP contribution in [0.2, 0.25) is 0 Å². The number of nitrogens with zero attached hydrogens (tertiary/aromatic N) is 2. The molecule has 0 aliphatic rings. The molecule has 0 saturated carbocycles. The first-order valence-corrected chi connectivity index (χ1v) is 5.28. The van der Waals surface area contributed by atoms with Crippen LogP contribution in [0.25, 0.3) is 0 Å². The average Bonchev–Trinajstić information content (AvgIpc) is 2.20. The molecule has 0 atom stereocenters. The number of aryl methyl sites for hydroxylation is 2. The summed E-state index contributed by atoms with van der Waals surface area (Å²) < 4.78 is 0. The molecule has 1 aromatic rings. The molecule has 0 saturated heterocycles. The van der Waals surface area contributed by atoms with E-state index in [1.54, 1.807) is 0 Å². The molecule has 15 heavy (non-hydrogen) atoms. The number of aromatic nitrogens is 2. The van der Waals surface area contributed by atoms with Gasteiger partial charge in [0.05, 0.1) is 0 Å². The van der Waals surface area contributed by atoms with E-state index in [9.17, 15) is 0 Å². The van der Waals surface area contributed by atoms with Crippen molar-refractivity contribution in [1.29, 1.82) is 0 Å². The van der Waals surface area contributed by atoms with Crippen LogP contribution < -0.4 is 5.32 Å². The quantitative estimate of drug-likeness (QED) is 0.754. The maximum Gasteiger partial charge on any atom is 0.222 e. The van der Waals surface area contributed by atoms with Crippen LogP contribution in [0.1, 0.15) is 37.4 Å². The molecule has 0 aromatic carbocycles. The van der Waals surface area contributed by atoms with E-state index in [1.807, 2.05) is 20.2 Å². The Balaban J connectivity index is 0.00000196. The molecular weight excluding hydrogens is 190 g/mol. The van der Waals surface area contributed by atoms with Crippen LogP contribution in [0.3, 0.4) is 0 Å². The van der Waals surface area contributed by atoms with E-state index in [2.05, 4.69) is 22.2 Å². The zero-order chi connectivity index (χ0) is 10.4. The van der Waals surface area contributed by atoms with E-state index in [4.69, 9.17) is 0 Å². The van der Waals surface area contributed by atoms with Gasteiger partial charge in [0, 0.05) is 18.9 Å². The number of anilines is 1. The van der Waals surface area contributed by atoms with E-state index < -0.39 is 0 Å². The molecular formula is C11H21N3O. The smallest absolute Gasteiger partial charge is 0.222 e. The van der Waals surface area contributed by atoms with Crippen molar-refractivity contribution in [1.82, 2.24) is 9.97 Å². The molecule has 0 aliphatic carbocycles. The molecule has 0 fully saturated rings. The summed E-state index contributed by atoms with van der Waals surface area (Å²) in [6, 6.07) is 0. The summed E-state index contributed by atoms with van der Waals surface area (Å²) in [5.41, 5.74) is 2.37. The van der Waals surface area contributed by atoms with Gasteiger partial charge in [-0.2, -0.15) is 0 Å². The summed E-state index contributed by atoms with van der Waals surface area (Å²) >= 11 is 0. The minimum Gasteiger partial charge on any atom is -0.412 e. The van der Waals surface area contributed by atoms with Crippen molar-refractivity contribution in [2.45, 2.75) is 39.5 Å². The van der Waals surface area contributed by atoms with E-state index >= 15 is 0 Å². The molecule has 4 heteroatoms. The van der Waals surface area contributed by atoms with Gasteiger partial charge in [-0.15, -0.1) is 0 Å². The fourth-order valence-corrected chi connectivity index (χ4v) is 1.42. The van der Waals surface area contributed by atoms with Crippen LogP contribution >= 0.6 is 0 Å². The van der Waals surface area contributed by atoms with Crippen molar-refractivity contribution >= 4 is 5.95 Å². The monoisotopic (exact) mass is 211 g/mol. The highest BCUT2D eigenvalue weighted by molar-refractivity contribution is 5.28. The zero-order valence-electron chi connectivity index (χ0n) is 9.80. The lowest BCUT2D eigenvalue weighted by Gasteiger charge is -2.05. The largest absolute Gasteiger partial charge is 0.412 e. The molecule has 0 amide bonds. The van der Waals surface area contributed by atoms with Gasteiger partial charge in [-0.25, -0.2) is 9.97 Å². The SMILES string of the molecule is CCCCCc1cnc(NC)nc1C.O. The summed E-state index contributed by atoms with van der Waals surface area (Å²) in [7, 11) is 1.84. The summed E-state index contributed by atoms with van der Waals surface area (Å²) in [6.45, 7) is 4.26. The van der Waals surface area contributed by atoms with Crippen molar-refractivity contribution in [2.75, 3.05) is 12.4 Å². The van der Waals surface area contributed by atoms with Gasteiger partial charge in [0.25, 0.3) is 0 Å². The van der Waals surface area contributed by atoms with Crippen molar-refractivity contribution in [2.24, 2.45) is 0 Å². The Labute approximate surface area is 91.5 Å². The van der Waals surface area contributed by atoms with Gasteiger partial charge in [-0.1, -0.05) is 19.8 Å². The lowest BCUT2D eigenvalue weighted by molar-refractivity contribution is 0.711. The number of rotatable bonds is 5. The summed E-state index contributed by atoms with van der Waals surface area (Å²) in [5.74, 6) is 0.710. The molecule has 0 spiro atoms. The van der Waals surface area contributed by atoms with E-state index in [-0.39, 0.29) is 5.48 Å². The van der Waals surface area contributed by atoms with Gasteiger partial charge in [0.2, 0.25) is 5.95 Å². The second kappa shape index (κ2) is 7.17. The standard InChI is InChI=1S/C11H19N3.H2O/c1-4-5-6-7-10-8-13-11(12-3)14-9(10)2;/h8H,4-7H2,1-3H3,(H,12,13,14);1H2. The molecule has 0 bridgehead atoms. The fraction of sp³-hybridized carbons (Fsp3) is 0.636. The van der Waals surface area contributed by atoms with Gasteiger partial charge < -0.3 is 10.8 Å². The zero-order valence-corrected chi connectivity index (χ0v) is 9.80. The third-order valence-corrected chi connectivity index (χ3v) is 2.35. The second-order valence-corrected chi connectivity index (χ2v) is 3.51. The highest BCUT2D eigenvalue weighted by Gasteiger charge is 2.01. The topological polar surface area (TPSA) is 69.3 Å². The maximum atomic E-state index is 4.35. The first kappa shape index (κ1) is 13.8. The molecule has 3 N–H and O–H groups in total. The Bertz CT molecular complexity index is 289. The number of hydrogen-bond acceptors (Lipinski definition) is 3. The van der Waals surface area contributed by atoms with Crippen LogP contribution in [-0.4, -0.2) is 22.5 Å². The first-order chi connectivity index (χ1) is 6.77. The van der Waals surface area contributed by atoms with Crippen LogP contribution in [0.4, 0.5) is 5.95 Å². The third-order valence-electron chi connectivity index (χ3n) is 2.35. The van der Waals surface area contributed by atoms with Crippen molar-refractivity contribution < 1.29 is 5.48 Å². The molecule has 0 radical (unpaired) electrons. The molecule has 86 valence electrons. The third kappa shape index (κ3) is 4.25. The van der Waals surface area contributed by atoms with E-state index in [0.717, 1.165) is 12.1 Å². The van der Waals surface area contributed by atoms with Gasteiger partial charge in [0.15, 0.2) is 0 Å². The summed E-state index contributed by atoms with van der Waals surface area (Å²) in [5, 5.41) is 2.94. The van der Waals surface area contributed by atoms with Crippen LogP contribution in [0.5, 0.6) is 0 Å². The average molecular weight is 211 g/mol. The minimum absolute atomic E-state index is 0. The number of hydrogen-bond donors (Lipinski definition) is 1. The highest BCUT2D eigenvalue weighted by Crippen LogP contribution is 2.10. The van der Waals surface area contributed by atoms with Crippen molar-refractivity contribution in [3.05, 3.63) is 17.5 Å². The minimum atomic E-state index is 0. The van der Waals surface area contributed by atoms with E-state index in [1.165, 1.54) is 24.8 Å². The molecule has 0 unspecified atom stereocenters. The second-order valence-electron chi connectivity index (χ2n) is 3.51. The van der Waals surface area contributed by atoms with Crippen LogP contribution in [0, 0.1) is 6.92 Å². The molecule has 4 nitrogen and oxygen atoms in total. The van der Waals surface area contributed by atoms with Crippen LogP contribution in [0.15, 0.2) is 6.20 Å². The predicted octanol–water partition coefficient (Wildman–Crippen LogP) is 1.73. The van der Waals surface area contributed by atoms with Gasteiger partial charge in [-0.05, 0) is 25.3 Å². The van der Waals surface area contributed by atoms with Crippen LogP contribution in [-0.2, 0) is 6.42 Å². The fourth-order valence-electron chi connectivity index (χ4n) is 1.42. The lowest BCUT2D eigenvalue weighted by Crippen LogP contribution is -2.01. The lowest BCUT2D eigenvalue weighted by atomic mass is 10.1. The highest BCUT2D eigenvalue weighted by atomic mass is 16.0. The summed E-state index contributed by atoms with van der Waals surface area (Å²) in [6.07, 6.45) is 6.81. The normalized spacial score (nSPS) is 9.53. The number of nitrogens with one attached hydrogen (secondary N) is 1. The Kier molecular flexibility index (Phi) is 6.62. The Morgan fingerprint density at radius 3 is 2.60 bits per heavy atom. The Morgan fingerprint density at radius 1 is 1.33 bits per heavy atom. The Hall–Kier alpha value is -1.16. The summed E-state index contributed by atoms with van der Waals surface area (Å²) in [4.78, 5) is 8.56. The van der Waals surface area contributed by atoms with Gasteiger partial charge >= 0.3 is 0 Å². The Morgan fingerprint density at radius 2 is 2.07 bits per heavy atom. The predicted molar refractivity (Wildman–Crippen MR) is 63.2 cm³/mol. The van der Waals surface area contributed by atoms with Crippen molar-refractivity contribution in [3.8, 4) is 0 Å². The van der Waals surface area contributed by atoms with E-state index in [0.29, 0.717) is 5.95 Å². The molecule has 0 aliphatic heterocycles. The number of unbranched alkanes of at least 4 members (excludes halogenated alkanes) is 2. The maximum absolute atomic E-state index is 4.35. The van der Waals surface area contributed by atoms with Gasteiger partial charge in [-0.3, -0.25) is 0 Å². The molecule has 1 heterocycles. The molecule has 1 rings (SSSR count).